The van der Waals surface area contributed by atoms with Crippen molar-refractivity contribution in [1.29, 1.82) is 0 Å². The fourth-order valence-electron chi connectivity index (χ4n) is 3.33. The van der Waals surface area contributed by atoms with Crippen LogP contribution < -0.4 is 10.1 Å². The third kappa shape index (κ3) is 4.33. The van der Waals surface area contributed by atoms with Crippen molar-refractivity contribution in [3.05, 3.63) is 89.5 Å². The molecule has 0 aliphatic rings. The van der Waals surface area contributed by atoms with Gasteiger partial charge in [-0.3, -0.25) is 9.78 Å². The predicted octanol–water partition coefficient (Wildman–Crippen LogP) is 4.06. The lowest BCUT2D eigenvalue weighted by Gasteiger charge is -2.12. The quantitative estimate of drug-likeness (QED) is 0.508. The summed E-state index contributed by atoms with van der Waals surface area (Å²) in [5, 5.41) is 2.94. The molecule has 6 nitrogen and oxygen atoms in total. The Morgan fingerprint density at radius 3 is 2.73 bits per heavy atom. The average Bonchev–Trinajstić information content (AvgIpc) is 3.13. The molecule has 0 aliphatic heterocycles. The third-order valence-electron chi connectivity index (χ3n) is 5.13. The molecular weight excluding hydrogens is 376 g/mol. The lowest BCUT2D eigenvalue weighted by atomic mass is 10.1. The van der Waals surface area contributed by atoms with Gasteiger partial charge in [0.25, 0.3) is 5.91 Å². The molecule has 0 spiro atoms. The number of fused-ring (bicyclic) bond motifs is 1. The standard InChI is InChI=1S/C24H24N4O2/c1-17-9-10-20(14-18(17)2)30-13-12-28-22-8-4-3-7-21(22)27-23(28)16-26-24(29)19-6-5-11-25-15-19/h3-11,14-15H,12-13,16H2,1-2H3,(H,26,29). The van der Waals surface area contributed by atoms with Gasteiger partial charge in [-0.25, -0.2) is 4.98 Å². The zero-order valence-corrected chi connectivity index (χ0v) is 17.1. The number of nitrogens with zero attached hydrogens (tertiary/aromatic N) is 3. The summed E-state index contributed by atoms with van der Waals surface area (Å²) in [5.41, 5.74) is 4.90. The SMILES string of the molecule is Cc1ccc(OCCn2c(CNC(=O)c3cccnc3)nc3ccccc32)cc1C. The van der Waals surface area contributed by atoms with Gasteiger partial charge in [0.2, 0.25) is 0 Å². The van der Waals surface area contributed by atoms with E-state index in [-0.39, 0.29) is 5.91 Å². The lowest BCUT2D eigenvalue weighted by molar-refractivity contribution is 0.0949. The first-order valence-electron chi connectivity index (χ1n) is 9.94. The second-order valence-corrected chi connectivity index (χ2v) is 7.19. The van der Waals surface area contributed by atoms with Crippen molar-refractivity contribution in [2.45, 2.75) is 26.9 Å². The molecule has 4 rings (SSSR count). The summed E-state index contributed by atoms with van der Waals surface area (Å²) in [6.45, 7) is 5.63. The molecule has 0 saturated carbocycles. The molecule has 0 unspecified atom stereocenters. The van der Waals surface area contributed by atoms with Crippen LogP contribution in [0.25, 0.3) is 11.0 Å². The molecule has 1 amide bonds. The van der Waals surface area contributed by atoms with E-state index in [0.29, 0.717) is 25.3 Å². The number of para-hydroxylation sites is 2. The second-order valence-electron chi connectivity index (χ2n) is 7.19. The number of rotatable bonds is 7. The van der Waals surface area contributed by atoms with Gasteiger partial charge < -0.3 is 14.6 Å². The van der Waals surface area contributed by atoms with E-state index in [1.165, 1.54) is 11.1 Å². The molecule has 2 aromatic heterocycles. The number of amides is 1. The highest BCUT2D eigenvalue weighted by atomic mass is 16.5. The number of hydrogen-bond acceptors (Lipinski definition) is 4. The number of aromatic nitrogens is 3. The summed E-state index contributed by atoms with van der Waals surface area (Å²) in [6, 6.07) is 17.5. The summed E-state index contributed by atoms with van der Waals surface area (Å²) in [7, 11) is 0. The summed E-state index contributed by atoms with van der Waals surface area (Å²) >= 11 is 0. The van der Waals surface area contributed by atoms with Crippen molar-refractivity contribution in [1.82, 2.24) is 19.9 Å². The molecule has 152 valence electrons. The minimum absolute atomic E-state index is 0.173. The number of aryl methyl sites for hydroxylation is 2. The van der Waals surface area contributed by atoms with Crippen molar-refractivity contribution in [2.24, 2.45) is 0 Å². The number of carbonyl (C=O) groups excluding carboxylic acids is 1. The van der Waals surface area contributed by atoms with E-state index in [4.69, 9.17) is 9.72 Å². The summed E-state index contributed by atoms with van der Waals surface area (Å²) in [6.07, 6.45) is 3.20. The monoisotopic (exact) mass is 400 g/mol. The Morgan fingerprint density at radius 1 is 1.07 bits per heavy atom. The first-order valence-corrected chi connectivity index (χ1v) is 9.94. The normalized spacial score (nSPS) is 10.9. The molecule has 30 heavy (non-hydrogen) atoms. The minimum atomic E-state index is -0.173. The summed E-state index contributed by atoms with van der Waals surface area (Å²) in [4.78, 5) is 21.1. The average molecular weight is 400 g/mol. The van der Waals surface area contributed by atoms with Gasteiger partial charge in [0.1, 0.15) is 18.2 Å². The molecule has 4 aromatic rings. The molecule has 0 bridgehead atoms. The number of ether oxygens (including phenoxy) is 1. The lowest BCUT2D eigenvalue weighted by Crippen LogP contribution is -2.25. The minimum Gasteiger partial charge on any atom is -0.492 e. The number of nitrogens with one attached hydrogen (secondary N) is 1. The molecule has 0 saturated heterocycles. The Balaban J connectivity index is 1.48. The van der Waals surface area contributed by atoms with Crippen molar-refractivity contribution in [2.75, 3.05) is 6.61 Å². The number of pyridine rings is 1. The van der Waals surface area contributed by atoms with Crippen molar-refractivity contribution in [3.8, 4) is 5.75 Å². The van der Waals surface area contributed by atoms with Gasteiger partial charge >= 0.3 is 0 Å². The Morgan fingerprint density at radius 2 is 1.93 bits per heavy atom. The molecule has 2 heterocycles. The van der Waals surface area contributed by atoms with Crippen molar-refractivity contribution < 1.29 is 9.53 Å². The molecule has 0 aliphatic carbocycles. The maximum Gasteiger partial charge on any atom is 0.253 e. The van der Waals surface area contributed by atoms with E-state index < -0.39 is 0 Å². The Kier molecular flexibility index (Phi) is 5.75. The van der Waals surface area contributed by atoms with Crippen LogP contribution in [0.3, 0.4) is 0 Å². The number of imidazole rings is 1. The first-order chi connectivity index (χ1) is 14.6. The highest BCUT2D eigenvalue weighted by molar-refractivity contribution is 5.93. The van der Waals surface area contributed by atoms with Crippen molar-refractivity contribution >= 4 is 16.9 Å². The van der Waals surface area contributed by atoms with Crippen LogP contribution in [0.1, 0.15) is 27.3 Å². The maximum atomic E-state index is 12.4. The fraction of sp³-hybridized carbons (Fsp3) is 0.208. The van der Waals surface area contributed by atoms with Crippen molar-refractivity contribution in [3.63, 3.8) is 0 Å². The predicted molar refractivity (Wildman–Crippen MR) is 117 cm³/mol. The van der Waals surface area contributed by atoms with E-state index in [1.54, 1.807) is 24.5 Å². The molecule has 0 fully saturated rings. The Hall–Kier alpha value is -3.67. The van der Waals surface area contributed by atoms with Crippen LogP contribution in [0, 0.1) is 13.8 Å². The highest BCUT2D eigenvalue weighted by Gasteiger charge is 2.12. The van der Waals surface area contributed by atoms with Crippen LogP contribution in [0.2, 0.25) is 0 Å². The van der Waals surface area contributed by atoms with Crippen LogP contribution in [0.5, 0.6) is 5.75 Å². The zero-order chi connectivity index (χ0) is 20.9. The van der Waals surface area contributed by atoms with Gasteiger partial charge in [-0.05, 0) is 61.4 Å². The Bertz CT molecular complexity index is 1170. The molecule has 0 atom stereocenters. The van der Waals surface area contributed by atoms with Crippen LogP contribution in [0.15, 0.2) is 67.0 Å². The molecule has 6 heteroatoms. The number of benzene rings is 2. The molecule has 0 radical (unpaired) electrons. The van der Waals surface area contributed by atoms with Crippen LogP contribution in [-0.4, -0.2) is 27.0 Å². The smallest absolute Gasteiger partial charge is 0.253 e. The maximum absolute atomic E-state index is 12.4. The van der Waals surface area contributed by atoms with E-state index in [9.17, 15) is 4.79 Å². The first kappa shape index (κ1) is 19.6. The fourth-order valence-corrected chi connectivity index (χ4v) is 3.33. The van der Waals surface area contributed by atoms with Gasteiger partial charge in [0.15, 0.2) is 0 Å². The molecular formula is C24H24N4O2. The number of hydrogen-bond donors (Lipinski definition) is 1. The third-order valence-corrected chi connectivity index (χ3v) is 5.13. The van der Waals surface area contributed by atoms with Gasteiger partial charge in [-0.2, -0.15) is 0 Å². The molecule has 1 N–H and O–H groups in total. The van der Waals surface area contributed by atoms with E-state index in [1.807, 2.05) is 30.3 Å². The van der Waals surface area contributed by atoms with Gasteiger partial charge in [0, 0.05) is 12.4 Å². The largest absolute Gasteiger partial charge is 0.492 e. The van der Waals surface area contributed by atoms with Crippen LogP contribution in [0.4, 0.5) is 0 Å². The van der Waals surface area contributed by atoms with Gasteiger partial charge in [-0.15, -0.1) is 0 Å². The van der Waals surface area contributed by atoms with Crippen LogP contribution in [-0.2, 0) is 13.1 Å². The summed E-state index contributed by atoms with van der Waals surface area (Å²) in [5.74, 6) is 1.47. The second kappa shape index (κ2) is 8.78. The van der Waals surface area contributed by atoms with E-state index in [2.05, 4.69) is 40.8 Å². The van der Waals surface area contributed by atoms with Crippen LogP contribution >= 0.6 is 0 Å². The van der Waals surface area contributed by atoms with E-state index >= 15 is 0 Å². The summed E-state index contributed by atoms with van der Waals surface area (Å²) < 4.78 is 8.07. The van der Waals surface area contributed by atoms with Gasteiger partial charge in [0.05, 0.1) is 29.7 Å². The topological polar surface area (TPSA) is 69.0 Å². The number of carbonyl (C=O) groups is 1. The zero-order valence-electron chi connectivity index (χ0n) is 17.1. The molecule has 2 aromatic carbocycles. The van der Waals surface area contributed by atoms with E-state index in [0.717, 1.165) is 22.6 Å². The Labute approximate surface area is 175 Å². The highest BCUT2D eigenvalue weighted by Crippen LogP contribution is 2.18. The van der Waals surface area contributed by atoms with Gasteiger partial charge in [-0.1, -0.05) is 18.2 Å².